The molecule has 0 spiro atoms. The number of aromatic nitrogens is 1. The summed E-state index contributed by atoms with van der Waals surface area (Å²) in [6.07, 6.45) is 0.434. The van der Waals surface area contributed by atoms with Crippen LogP contribution >= 0.6 is 0 Å². The zero-order chi connectivity index (χ0) is 20.1. The van der Waals surface area contributed by atoms with E-state index in [0.717, 1.165) is 17.0 Å². The topological polar surface area (TPSA) is 78.6 Å². The van der Waals surface area contributed by atoms with Gasteiger partial charge in [0.1, 0.15) is 23.9 Å². The van der Waals surface area contributed by atoms with Crippen LogP contribution in [0.2, 0.25) is 0 Å². The number of aryl methyl sites for hydroxylation is 2. The zero-order valence-electron chi connectivity index (χ0n) is 16.0. The third-order valence-corrected chi connectivity index (χ3v) is 4.36. The number of carbonyl (C=O) groups excluding carboxylic acids is 2. The first kappa shape index (κ1) is 19.4. The Morgan fingerprint density at radius 2 is 1.54 bits per heavy atom. The van der Waals surface area contributed by atoms with Crippen LogP contribution in [0, 0.1) is 13.8 Å². The first-order valence-electron chi connectivity index (χ1n) is 8.98. The van der Waals surface area contributed by atoms with Gasteiger partial charge in [-0.15, -0.1) is 0 Å². The lowest BCUT2D eigenvalue weighted by atomic mass is 10.1. The van der Waals surface area contributed by atoms with Crippen LogP contribution < -0.4 is 9.47 Å². The molecule has 0 fully saturated rings. The quantitative estimate of drug-likeness (QED) is 0.337. The smallest absolute Gasteiger partial charge is 0.343 e. The zero-order valence-corrected chi connectivity index (χ0v) is 16.0. The van der Waals surface area contributed by atoms with E-state index in [-0.39, 0.29) is 5.78 Å². The Morgan fingerprint density at radius 3 is 2.11 bits per heavy atom. The number of hydrogen-bond acceptors (Lipinski definition) is 6. The van der Waals surface area contributed by atoms with Crippen molar-refractivity contribution >= 4 is 11.8 Å². The largest absolute Gasteiger partial charge is 0.489 e. The summed E-state index contributed by atoms with van der Waals surface area (Å²) in [4.78, 5) is 23.9. The average Bonchev–Trinajstić information content (AvgIpc) is 3.04. The Balaban J connectivity index is 1.59. The van der Waals surface area contributed by atoms with Gasteiger partial charge in [-0.1, -0.05) is 12.1 Å². The van der Waals surface area contributed by atoms with Crippen molar-refractivity contribution in [2.75, 3.05) is 0 Å². The molecule has 1 aromatic heterocycles. The SMILES string of the molecule is CCC(=O)c1ccc(OC(=O)c2ccc(OCc3c(C)noc3C)cc2)cc1. The van der Waals surface area contributed by atoms with E-state index >= 15 is 0 Å². The highest BCUT2D eigenvalue weighted by Gasteiger charge is 2.12. The monoisotopic (exact) mass is 379 g/mol. The van der Waals surface area contributed by atoms with Crippen molar-refractivity contribution in [3.05, 3.63) is 76.7 Å². The highest BCUT2D eigenvalue weighted by Crippen LogP contribution is 2.19. The number of benzene rings is 2. The van der Waals surface area contributed by atoms with E-state index in [4.69, 9.17) is 14.0 Å². The van der Waals surface area contributed by atoms with Crippen molar-refractivity contribution in [3.63, 3.8) is 0 Å². The fourth-order valence-electron chi connectivity index (χ4n) is 2.63. The van der Waals surface area contributed by atoms with Gasteiger partial charge < -0.3 is 14.0 Å². The van der Waals surface area contributed by atoms with E-state index in [1.54, 1.807) is 55.5 Å². The molecule has 0 bridgehead atoms. The molecule has 0 saturated heterocycles. The molecule has 0 amide bonds. The molecular formula is C22H21NO5. The maximum Gasteiger partial charge on any atom is 0.343 e. The van der Waals surface area contributed by atoms with E-state index in [9.17, 15) is 9.59 Å². The predicted octanol–water partition coefficient (Wildman–Crippen LogP) is 4.68. The van der Waals surface area contributed by atoms with Crippen LogP contribution in [0.1, 0.15) is 51.1 Å². The predicted molar refractivity (Wildman–Crippen MR) is 103 cm³/mol. The minimum atomic E-state index is -0.480. The van der Waals surface area contributed by atoms with Crippen molar-refractivity contribution < 1.29 is 23.6 Å². The van der Waals surface area contributed by atoms with Crippen LogP contribution in [0.15, 0.2) is 53.1 Å². The van der Waals surface area contributed by atoms with Crippen molar-refractivity contribution in [2.45, 2.75) is 33.8 Å². The first-order chi connectivity index (χ1) is 13.5. The Labute approximate surface area is 163 Å². The van der Waals surface area contributed by atoms with Crippen molar-refractivity contribution in [1.82, 2.24) is 5.16 Å². The molecule has 0 aliphatic carbocycles. The molecule has 0 radical (unpaired) electrons. The van der Waals surface area contributed by atoms with Gasteiger partial charge in [-0.05, 0) is 62.4 Å². The van der Waals surface area contributed by atoms with E-state index < -0.39 is 5.97 Å². The molecule has 3 aromatic rings. The molecule has 0 aliphatic heterocycles. The fourth-order valence-corrected chi connectivity index (χ4v) is 2.63. The molecule has 0 unspecified atom stereocenters. The summed E-state index contributed by atoms with van der Waals surface area (Å²) in [5, 5.41) is 3.89. The summed E-state index contributed by atoms with van der Waals surface area (Å²) in [5.41, 5.74) is 2.71. The van der Waals surface area contributed by atoms with E-state index in [0.29, 0.717) is 35.7 Å². The van der Waals surface area contributed by atoms with Crippen LogP contribution in [-0.2, 0) is 6.61 Å². The van der Waals surface area contributed by atoms with Gasteiger partial charge in [0, 0.05) is 12.0 Å². The maximum atomic E-state index is 12.3. The van der Waals surface area contributed by atoms with Gasteiger partial charge in [0.15, 0.2) is 5.78 Å². The van der Waals surface area contributed by atoms with Gasteiger partial charge in [0.05, 0.1) is 16.8 Å². The molecule has 0 N–H and O–H groups in total. The summed E-state index contributed by atoms with van der Waals surface area (Å²) in [6.45, 7) is 5.84. The summed E-state index contributed by atoms with van der Waals surface area (Å²) in [6, 6.07) is 13.2. The molecule has 6 nitrogen and oxygen atoms in total. The van der Waals surface area contributed by atoms with Crippen LogP contribution in [-0.4, -0.2) is 16.9 Å². The number of esters is 1. The molecule has 3 rings (SSSR count). The van der Waals surface area contributed by atoms with Crippen molar-refractivity contribution in [3.8, 4) is 11.5 Å². The number of Topliss-reactive ketones (excluding diaryl/α,β-unsaturated/α-hetero) is 1. The number of rotatable bonds is 7. The highest BCUT2D eigenvalue weighted by atomic mass is 16.5. The Bertz CT molecular complexity index is 952. The number of ether oxygens (including phenoxy) is 2. The Morgan fingerprint density at radius 1 is 0.929 bits per heavy atom. The third-order valence-electron chi connectivity index (χ3n) is 4.36. The summed E-state index contributed by atoms with van der Waals surface area (Å²) in [5.74, 6) is 1.30. The average molecular weight is 379 g/mol. The maximum absolute atomic E-state index is 12.3. The Kier molecular flexibility index (Phi) is 5.89. The molecule has 0 saturated carbocycles. The van der Waals surface area contributed by atoms with Gasteiger partial charge in [0.2, 0.25) is 0 Å². The number of carbonyl (C=O) groups is 2. The lowest BCUT2D eigenvalue weighted by Gasteiger charge is -2.08. The van der Waals surface area contributed by atoms with E-state index in [1.165, 1.54) is 0 Å². The minimum absolute atomic E-state index is 0.0463. The summed E-state index contributed by atoms with van der Waals surface area (Å²) in [7, 11) is 0. The number of hydrogen-bond donors (Lipinski definition) is 0. The molecule has 0 aliphatic rings. The number of nitrogens with zero attached hydrogens (tertiary/aromatic N) is 1. The fraction of sp³-hybridized carbons (Fsp3) is 0.227. The molecule has 1 heterocycles. The summed E-state index contributed by atoms with van der Waals surface area (Å²) < 4.78 is 16.2. The van der Waals surface area contributed by atoms with Gasteiger partial charge in [-0.2, -0.15) is 0 Å². The van der Waals surface area contributed by atoms with E-state index in [1.807, 2.05) is 13.8 Å². The first-order valence-corrected chi connectivity index (χ1v) is 8.98. The van der Waals surface area contributed by atoms with E-state index in [2.05, 4.69) is 5.16 Å². The second-order valence-electron chi connectivity index (χ2n) is 6.31. The highest BCUT2D eigenvalue weighted by molar-refractivity contribution is 5.96. The second-order valence-corrected chi connectivity index (χ2v) is 6.31. The van der Waals surface area contributed by atoms with Gasteiger partial charge in [-0.3, -0.25) is 4.79 Å². The molecule has 0 atom stereocenters. The lowest BCUT2D eigenvalue weighted by molar-refractivity contribution is 0.0734. The molecule has 6 heteroatoms. The van der Waals surface area contributed by atoms with Crippen LogP contribution in [0.4, 0.5) is 0 Å². The Hall–Kier alpha value is -3.41. The van der Waals surface area contributed by atoms with Crippen LogP contribution in [0.3, 0.4) is 0 Å². The molecule has 2 aromatic carbocycles. The van der Waals surface area contributed by atoms with Gasteiger partial charge in [0.25, 0.3) is 0 Å². The minimum Gasteiger partial charge on any atom is -0.489 e. The van der Waals surface area contributed by atoms with Gasteiger partial charge >= 0.3 is 5.97 Å². The number of ketones is 1. The molecule has 144 valence electrons. The lowest BCUT2D eigenvalue weighted by Crippen LogP contribution is -2.08. The summed E-state index contributed by atoms with van der Waals surface area (Å²) >= 11 is 0. The third kappa shape index (κ3) is 4.46. The second kappa shape index (κ2) is 8.52. The van der Waals surface area contributed by atoms with Crippen molar-refractivity contribution in [2.24, 2.45) is 0 Å². The normalized spacial score (nSPS) is 10.5. The standard InChI is InChI=1S/C22H21NO5/c1-4-21(24)16-5-11-19(12-6-16)27-22(25)17-7-9-18(10-8-17)26-13-20-14(2)23-28-15(20)3/h5-12H,4,13H2,1-3H3. The van der Waals surface area contributed by atoms with Crippen LogP contribution in [0.25, 0.3) is 0 Å². The van der Waals surface area contributed by atoms with Gasteiger partial charge in [-0.25, -0.2) is 4.79 Å². The molecule has 28 heavy (non-hydrogen) atoms. The molecular weight excluding hydrogens is 358 g/mol. The van der Waals surface area contributed by atoms with Crippen molar-refractivity contribution in [1.29, 1.82) is 0 Å². The van der Waals surface area contributed by atoms with Crippen LogP contribution in [0.5, 0.6) is 11.5 Å².